The van der Waals surface area contributed by atoms with Gasteiger partial charge < -0.3 is 14.5 Å². The molecular weight excluding hydrogens is 528 g/mol. The molecule has 4 aromatic rings. The predicted molar refractivity (Wildman–Crippen MR) is 139 cm³/mol. The van der Waals surface area contributed by atoms with Crippen molar-refractivity contribution in [3.63, 3.8) is 0 Å². The number of hydrogen-bond donors (Lipinski definition) is 0. The monoisotopic (exact) mass is 552 g/mol. The first kappa shape index (κ1) is 26.9. The number of ether oxygens (including phenoxy) is 1. The molecular formula is C29H24F4N4O3. The maximum Gasteiger partial charge on any atom is 0.358 e. The lowest BCUT2D eigenvalue weighted by molar-refractivity contribution is 0.0518. The molecule has 0 aliphatic carbocycles. The molecule has 40 heavy (non-hydrogen) atoms. The molecule has 1 aliphatic heterocycles. The number of esters is 1. The van der Waals surface area contributed by atoms with Crippen molar-refractivity contribution >= 4 is 17.6 Å². The minimum absolute atomic E-state index is 0.0865. The van der Waals surface area contributed by atoms with E-state index >= 15 is 0 Å². The second kappa shape index (κ2) is 11.2. The van der Waals surface area contributed by atoms with Gasteiger partial charge >= 0.3 is 5.97 Å². The van der Waals surface area contributed by atoms with Gasteiger partial charge in [-0.25, -0.2) is 27.0 Å². The Hall–Kier alpha value is -4.67. The van der Waals surface area contributed by atoms with Gasteiger partial charge in [-0.15, -0.1) is 0 Å². The molecule has 5 rings (SSSR count). The van der Waals surface area contributed by atoms with Crippen molar-refractivity contribution in [3.05, 3.63) is 101 Å². The second-order valence-electron chi connectivity index (χ2n) is 9.08. The van der Waals surface area contributed by atoms with Crippen LogP contribution in [0.25, 0.3) is 16.9 Å². The Kier molecular flexibility index (Phi) is 7.54. The molecule has 0 N–H and O–H groups in total. The van der Waals surface area contributed by atoms with Crippen LogP contribution in [0.5, 0.6) is 0 Å². The average molecular weight is 553 g/mol. The largest absolute Gasteiger partial charge is 0.461 e. The van der Waals surface area contributed by atoms with Gasteiger partial charge in [-0.3, -0.25) is 4.79 Å². The average Bonchev–Trinajstić information content (AvgIpc) is 3.42. The number of amides is 1. The molecule has 1 aliphatic rings. The topological polar surface area (TPSA) is 67.7 Å². The van der Waals surface area contributed by atoms with Crippen LogP contribution >= 0.6 is 0 Å². The molecule has 0 radical (unpaired) electrons. The molecule has 1 fully saturated rings. The smallest absolute Gasteiger partial charge is 0.358 e. The van der Waals surface area contributed by atoms with Gasteiger partial charge in [-0.1, -0.05) is 18.2 Å². The van der Waals surface area contributed by atoms with E-state index in [0.29, 0.717) is 24.5 Å². The number of carbonyl (C=O) groups is 2. The van der Waals surface area contributed by atoms with Crippen molar-refractivity contribution in [2.75, 3.05) is 37.7 Å². The van der Waals surface area contributed by atoms with E-state index in [4.69, 9.17) is 4.74 Å². The molecule has 11 heteroatoms. The summed E-state index contributed by atoms with van der Waals surface area (Å²) in [7, 11) is 0. The molecule has 0 saturated carbocycles. The number of rotatable bonds is 6. The number of halogens is 4. The minimum atomic E-state index is -1.67. The van der Waals surface area contributed by atoms with Crippen molar-refractivity contribution in [3.8, 4) is 16.9 Å². The molecule has 3 aromatic carbocycles. The van der Waals surface area contributed by atoms with Gasteiger partial charge in [0.1, 0.15) is 5.82 Å². The maximum atomic E-state index is 14.1. The quantitative estimate of drug-likeness (QED) is 0.186. The Morgan fingerprint density at radius 2 is 1.57 bits per heavy atom. The SMILES string of the molecule is CCOC(=O)c1cc(-c2ccc(N3CCN(C(=O)c4ccc(F)c(F)c4F)CC3)cc2)n(-c2cccc(F)c2)n1. The molecule has 2 heterocycles. The molecule has 1 saturated heterocycles. The Morgan fingerprint density at radius 3 is 2.25 bits per heavy atom. The third-order valence-corrected chi connectivity index (χ3v) is 6.61. The molecule has 0 unspecified atom stereocenters. The highest BCUT2D eigenvalue weighted by Crippen LogP contribution is 2.28. The Bertz CT molecular complexity index is 1560. The highest BCUT2D eigenvalue weighted by molar-refractivity contribution is 5.94. The van der Waals surface area contributed by atoms with E-state index in [9.17, 15) is 27.2 Å². The summed E-state index contributed by atoms with van der Waals surface area (Å²) in [4.78, 5) is 28.5. The summed E-state index contributed by atoms with van der Waals surface area (Å²) in [6, 6.07) is 16.5. The summed E-state index contributed by atoms with van der Waals surface area (Å²) in [5.74, 6) is -6.25. The van der Waals surface area contributed by atoms with E-state index in [1.807, 2.05) is 29.2 Å². The molecule has 7 nitrogen and oxygen atoms in total. The molecule has 1 aromatic heterocycles. The third-order valence-electron chi connectivity index (χ3n) is 6.61. The lowest BCUT2D eigenvalue weighted by Crippen LogP contribution is -2.49. The van der Waals surface area contributed by atoms with Crippen LogP contribution in [0, 0.1) is 23.3 Å². The maximum absolute atomic E-state index is 14.1. The van der Waals surface area contributed by atoms with E-state index in [-0.39, 0.29) is 25.4 Å². The fraction of sp³-hybridized carbons (Fsp3) is 0.207. The lowest BCUT2D eigenvalue weighted by atomic mass is 10.1. The van der Waals surface area contributed by atoms with Crippen LogP contribution in [0.3, 0.4) is 0 Å². The van der Waals surface area contributed by atoms with Gasteiger partial charge in [0.2, 0.25) is 0 Å². The van der Waals surface area contributed by atoms with Crippen molar-refractivity contribution in [2.24, 2.45) is 0 Å². The first-order valence-corrected chi connectivity index (χ1v) is 12.6. The van der Waals surface area contributed by atoms with E-state index in [1.165, 1.54) is 21.7 Å². The van der Waals surface area contributed by atoms with E-state index in [2.05, 4.69) is 5.10 Å². The van der Waals surface area contributed by atoms with Crippen LogP contribution in [-0.4, -0.2) is 59.3 Å². The van der Waals surface area contributed by atoms with Crippen molar-refractivity contribution in [2.45, 2.75) is 6.92 Å². The zero-order valence-electron chi connectivity index (χ0n) is 21.4. The highest BCUT2D eigenvalue weighted by Gasteiger charge is 2.27. The van der Waals surface area contributed by atoms with Gasteiger partial charge in [0.15, 0.2) is 23.1 Å². The number of carbonyl (C=O) groups excluding carboxylic acids is 2. The summed E-state index contributed by atoms with van der Waals surface area (Å²) < 4.78 is 61.5. The number of piperazine rings is 1. The molecule has 1 amide bonds. The van der Waals surface area contributed by atoms with Crippen molar-refractivity contribution in [1.29, 1.82) is 0 Å². The number of nitrogens with zero attached hydrogens (tertiary/aromatic N) is 4. The standard InChI is InChI=1S/C29H24F4N4O3/c1-2-40-29(39)24-17-25(37(34-24)21-5-3-4-19(30)16-21)18-6-8-20(9-7-18)35-12-14-36(15-13-35)28(38)22-10-11-23(31)27(33)26(22)32/h3-11,16-17H,2,12-15H2,1H3. The van der Waals surface area contributed by atoms with Crippen molar-refractivity contribution in [1.82, 2.24) is 14.7 Å². The zero-order chi connectivity index (χ0) is 28.4. The molecule has 0 atom stereocenters. The Balaban J connectivity index is 1.33. The predicted octanol–water partition coefficient (Wildman–Crippen LogP) is 5.23. The van der Waals surface area contributed by atoms with Crippen LogP contribution in [0.4, 0.5) is 23.2 Å². The summed E-state index contributed by atoms with van der Waals surface area (Å²) in [6.45, 7) is 3.26. The normalized spacial score (nSPS) is 13.4. The Labute approximate surface area is 227 Å². The molecule has 0 bridgehead atoms. The van der Waals surface area contributed by atoms with Gasteiger partial charge in [0, 0.05) is 37.4 Å². The van der Waals surface area contributed by atoms with Crippen LogP contribution in [0.2, 0.25) is 0 Å². The van der Waals surface area contributed by atoms with Crippen LogP contribution < -0.4 is 4.90 Å². The van der Waals surface area contributed by atoms with Crippen LogP contribution in [0.1, 0.15) is 27.8 Å². The molecule has 0 spiro atoms. The van der Waals surface area contributed by atoms with Crippen LogP contribution in [0.15, 0.2) is 66.7 Å². The first-order chi connectivity index (χ1) is 19.3. The number of anilines is 1. The highest BCUT2D eigenvalue weighted by atomic mass is 19.2. The van der Waals surface area contributed by atoms with Crippen LogP contribution in [-0.2, 0) is 4.74 Å². The third kappa shape index (κ3) is 5.27. The fourth-order valence-electron chi connectivity index (χ4n) is 4.57. The van der Waals surface area contributed by atoms with Gasteiger partial charge in [0.05, 0.1) is 23.6 Å². The summed E-state index contributed by atoms with van der Waals surface area (Å²) >= 11 is 0. The summed E-state index contributed by atoms with van der Waals surface area (Å²) in [6.07, 6.45) is 0. The van der Waals surface area contributed by atoms with Gasteiger partial charge in [0.25, 0.3) is 5.91 Å². The van der Waals surface area contributed by atoms with Gasteiger partial charge in [-0.2, -0.15) is 5.10 Å². The summed E-state index contributed by atoms with van der Waals surface area (Å²) in [5, 5.41) is 4.35. The van der Waals surface area contributed by atoms with E-state index in [0.717, 1.165) is 23.4 Å². The lowest BCUT2D eigenvalue weighted by Gasteiger charge is -2.36. The first-order valence-electron chi connectivity index (χ1n) is 12.6. The Morgan fingerprint density at radius 1 is 0.850 bits per heavy atom. The van der Waals surface area contributed by atoms with E-state index < -0.39 is 40.7 Å². The minimum Gasteiger partial charge on any atom is -0.461 e. The number of aromatic nitrogens is 2. The number of hydrogen-bond acceptors (Lipinski definition) is 5. The molecule has 206 valence electrons. The zero-order valence-corrected chi connectivity index (χ0v) is 21.4. The van der Waals surface area contributed by atoms with Crippen molar-refractivity contribution < 1.29 is 31.9 Å². The fourth-order valence-corrected chi connectivity index (χ4v) is 4.57. The number of benzene rings is 3. The van der Waals surface area contributed by atoms with Gasteiger partial charge in [-0.05, 0) is 55.5 Å². The summed E-state index contributed by atoms with van der Waals surface area (Å²) in [5.41, 5.74) is 2.16. The van der Waals surface area contributed by atoms with E-state index in [1.54, 1.807) is 25.1 Å². The second-order valence-corrected chi connectivity index (χ2v) is 9.08.